The summed E-state index contributed by atoms with van der Waals surface area (Å²) in [6.45, 7) is 1.88. The van der Waals surface area contributed by atoms with E-state index in [1.807, 2.05) is 38.4 Å². The fraction of sp³-hybridized carbons (Fsp3) is 0.467. The predicted molar refractivity (Wildman–Crippen MR) is 96.5 cm³/mol. The van der Waals surface area contributed by atoms with Crippen molar-refractivity contribution in [2.45, 2.75) is 6.42 Å². The number of nitrogens with zero attached hydrogens (tertiary/aromatic N) is 1. The fourth-order valence-corrected chi connectivity index (χ4v) is 1.86. The Morgan fingerprint density at radius 3 is 2.52 bits per heavy atom. The number of methoxy groups -OCH3 is 1. The van der Waals surface area contributed by atoms with E-state index in [0.29, 0.717) is 5.11 Å². The predicted octanol–water partition coefficient (Wildman–Crippen LogP) is 0.554. The highest BCUT2D eigenvalue weighted by Gasteiger charge is 2.02. The Hall–Kier alpha value is -2.06. The van der Waals surface area contributed by atoms with Crippen LogP contribution in [0.3, 0.4) is 0 Å². The second-order valence-electron chi connectivity index (χ2n) is 5.17. The zero-order valence-electron chi connectivity index (χ0n) is 13.8. The van der Waals surface area contributed by atoms with Crippen LogP contribution >= 0.6 is 12.2 Å². The molecule has 8 heteroatoms. The first-order valence-electron chi connectivity index (χ1n) is 7.36. The molecule has 1 amide bonds. The molecule has 7 nitrogen and oxygen atoms in total. The van der Waals surface area contributed by atoms with Gasteiger partial charge in [0, 0.05) is 12.2 Å². The van der Waals surface area contributed by atoms with Crippen LogP contribution in [0, 0.1) is 0 Å². The molecule has 1 aromatic carbocycles. The summed E-state index contributed by atoms with van der Waals surface area (Å²) in [5.41, 5.74) is 6.05. The minimum absolute atomic E-state index is 0.141. The number of anilines is 1. The maximum atomic E-state index is 11.7. The monoisotopic (exact) mass is 339 g/mol. The molecule has 0 aliphatic heterocycles. The zero-order chi connectivity index (χ0) is 17.1. The molecule has 0 aliphatic carbocycles. The molecule has 0 spiro atoms. The molecule has 4 N–H and O–H groups in total. The normalized spacial score (nSPS) is 10.1. The van der Waals surface area contributed by atoms with E-state index in [4.69, 9.17) is 17.0 Å². The highest BCUT2D eigenvalue weighted by Crippen LogP contribution is 2.14. The van der Waals surface area contributed by atoms with Gasteiger partial charge >= 0.3 is 0 Å². The lowest BCUT2D eigenvalue weighted by atomic mass is 10.3. The molecule has 0 unspecified atom stereocenters. The highest BCUT2D eigenvalue weighted by molar-refractivity contribution is 7.80. The number of hydrazine groups is 1. The summed E-state index contributed by atoms with van der Waals surface area (Å²) >= 11 is 5.07. The second-order valence-corrected chi connectivity index (χ2v) is 5.58. The topological polar surface area (TPSA) is 77.7 Å². The molecular formula is C15H25N5O2S. The Morgan fingerprint density at radius 2 is 1.91 bits per heavy atom. The first kappa shape index (κ1) is 19.0. The molecule has 128 valence electrons. The van der Waals surface area contributed by atoms with E-state index >= 15 is 0 Å². The number of carbonyl (C=O) groups is 1. The summed E-state index contributed by atoms with van der Waals surface area (Å²) in [7, 11) is 5.65. The van der Waals surface area contributed by atoms with Crippen molar-refractivity contribution in [2.75, 3.05) is 46.2 Å². The van der Waals surface area contributed by atoms with Gasteiger partial charge < -0.3 is 20.3 Å². The Bertz CT molecular complexity index is 493. The van der Waals surface area contributed by atoms with E-state index in [2.05, 4.69) is 26.4 Å². The van der Waals surface area contributed by atoms with Crippen LogP contribution in [0.25, 0.3) is 0 Å². The largest absolute Gasteiger partial charge is 0.497 e. The third-order valence-corrected chi connectivity index (χ3v) is 3.17. The first-order chi connectivity index (χ1) is 11.0. The number of nitrogens with one attached hydrogen (secondary N) is 4. The minimum Gasteiger partial charge on any atom is -0.497 e. The molecule has 0 aromatic heterocycles. The molecule has 0 saturated carbocycles. The Labute approximate surface area is 142 Å². The van der Waals surface area contributed by atoms with E-state index in [0.717, 1.165) is 30.9 Å². The molecule has 23 heavy (non-hydrogen) atoms. The lowest BCUT2D eigenvalue weighted by molar-refractivity contribution is -0.119. The summed E-state index contributed by atoms with van der Waals surface area (Å²) in [6.07, 6.45) is 0.974. The second kappa shape index (κ2) is 10.6. The fourth-order valence-electron chi connectivity index (χ4n) is 1.70. The maximum absolute atomic E-state index is 11.7. The number of hydrogen-bond acceptors (Lipinski definition) is 5. The average Bonchev–Trinajstić information content (AvgIpc) is 2.55. The molecule has 0 aliphatic rings. The summed E-state index contributed by atoms with van der Waals surface area (Å²) in [5, 5.41) is 6.44. The van der Waals surface area contributed by atoms with E-state index in [1.54, 1.807) is 7.11 Å². The zero-order valence-corrected chi connectivity index (χ0v) is 14.6. The van der Waals surface area contributed by atoms with Crippen molar-refractivity contribution in [1.29, 1.82) is 0 Å². The first-order valence-corrected chi connectivity index (χ1v) is 7.77. The van der Waals surface area contributed by atoms with Crippen LogP contribution in [0.15, 0.2) is 24.3 Å². The number of carbonyl (C=O) groups excluding carboxylic acids is 1. The van der Waals surface area contributed by atoms with Crippen molar-refractivity contribution in [1.82, 2.24) is 21.1 Å². The average molecular weight is 339 g/mol. The Kier molecular flexibility index (Phi) is 8.78. The van der Waals surface area contributed by atoms with Crippen LogP contribution in [-0.4, -0.2) is 56.8 Å². The van der Waals surface area contributed by atoms with E-state index in [-0.39, 0.29) is 12.5 Å². The quantitative estimate of drug-likeness (QED) is 0.313. The molecule has 0 radical (unpaired) electrons. The van der Waals surface area contributed by atoms with E-state index in [9.17, 15) is 4.79 Å². The van der Waals surface area contributed by atoms with Gasteiger partial charge in [-0.2, -0.15) is 0 Å². The van der Waals surface area contributed by atoms with Crippen molar-refractivity contribution >= 4 is 28.9 Å². The molecular weight excluding hydrogens is 314 g/mol. The van der Waals surface area contributed by atoms with Gasteiger partial charge in [0.25, 0.3) is 5.91 Å². The van der Waals surface area contributed by atoms with E-state index in [1.165, 1.54) is 0 Å². The van der Waals surface area contributed by atoms with Gasteiger partial charge in [-0.05, 0) is 63.5 Å². The van der Waals surface area contributed by atoms with Crippen LogP contribution in [0.5, 0.6) is 5.75 Å². The number of rotatable bonds is 8. The summed E-state index contributed by atoms with van der Waals surface area (Å²) in [6, 6.07) is 7.34. The molecule has 0 saturated heterocycles. The molecule has 0 heterocycles. The van der Waals surface area contributed by atoms with Crippen LogP contribution in [-0.2, 0) is 4.79 Å². The summed E-state index contributed by atoms with van der Waals surface area (Å²) < 4.78 is 5.07. The van der Waals surface area contributed by atoms with Crippen molar-refractivity contribution in [2.24, 2.45) is 0 Å². The number of amides is 1. The summed E-state index contributed by atoms with van der Waals surface area (Å²) in [4.78, 5) is 13.8. The maximum Gasteiger partial charge on any atom is 0.257 e. The smallest absolute Gasteiger partial charge is 0.257 e. The Balaban J connectivity index is 2.14. The minimum atomic E-state index is -0.210. The highest BCUT2D eigenvalue weighted by atomic mass is 32.1. The van der Waals surface area contributed by atoms with Gasteiger partial charge in [0.15, 0.2) is 5.11 Å². The van der Waals surface area contributed by atoms with Crippen LogP contribution in [0.1, 0.15) is 6.42 Å². The van der Waals surface area contributed by atoms with Gasteiger partial charge in [0.05, 0.1) is 13.7 Å². The van der Waals surface area contributed by atoms with Gasteiger partial charge in [0.2, 0.25) is 0 Å². The third kappa shape index (κ3) is 8.84. The third-order valence-electron chi connectivity index (χ3n) is 2.93. The molecule has 0 bridgehead atoms. The SMILES string of the molecule is COc1ccc(NCC(=O)NNC(=S)NCCCN(C)C)cc1. The standard InChI is InChI=1S/C15H25N5O2S/c1-20(2)10-4-9-16-15(23)19-18-14(21)11-17-12-5-7-13(22-3)8-6-12/h5-8,17H,4,9-11H2,1-3H3,(H,18,21)(H2,16,19,23). The Morgan fingerprint density at radius 1 is 1.22 bits per heavy atom. The van der Waals surface area contributed by atoms with Gasteiger partial charge in [-0.25, -0.2) is 0 Å². The number of hydrogen-bond donors (Lipinski definition) is 4. The van der Waals surface area contributed by atoms with E-state index < -0.39 is 0 Å². The van der Waals surface area contributed by atoms with Crippen molar-refractivity contribution in [3.63, 3.8) is 0 Å². The number of benzene rings is 1. The molecule has 1 aromatic rings. The summed E-state index contributed by atoms with van der Waals surface area (Å²) in [5.74, 6) is 0.561. The number of thiocarbonyl (C=S) groups is 1. The molecule has 1 rings (SSSR count). The van der Waals surface area contributed by atoms with Crippen molar-refractivity contribution < 1.29 is 9.53 Å². The lowest BCUT2D eigenvalue weighted by Gasteiger charge is -2.13. The number of ether oxygens (including phenoxy) is 1. The van der Waals surface area contributed by atoms with Crippen LogP contribution in [0.2, 0.25) is 0 Å². The molecule has 0 atom stereocenters. The van der Waals surface area contributed by atoms with Crippen molar-refractivity contribution in [3.8, 4) is 5.75 Å². The van der Waals surface area contributed by atoms with Crippen molar-refractivity contribution in [3.05, 3.63) is 24.3 Å². The van der Waals surface area contributed by atoms with Gasteiger partial charge in [0.1, 0.15) is 5.75 Å². The van der Waals surface area contributed by atoms with Crippen LogP contribution in [0.4, 0.5) is 5.69 Å². The van der Waals surface area contributed by atoms with Gasteiger partial charge in [-0.3, -0.25) is 15.6 Å². The lowest BCUT2D eigenvalue weighted by Crippen LogP contribution is -2.48. The van der Waals surface area contributed by atoms with Gasteiger partial charge in [-0.1, -0.05) is 0 Å². The van der Waals surface area contributed by atoms with Crippen LogP contribution < -0.4 is 26.2 Å². The molecule has 0 fully saturated rings. The van der Waals surface area contributed by atoms with Gasteiger partial charge in [-0.15, -0.1) is 0 Å².